The van der Waals surface area contributed by atoms with Crippen molar-refractivity contribution in [1.29, 1.82) is 0 Å². The summed E-state index contributed by atoms with van der Waals surface area (Å²) in [6, 6.07) is 31.5. The molecule has 0 fully saturated rings. The summed E-state index contributed by atoms with van der Waals surface area (Å²) in [6.45, 7) is 0. The van der Waals surface area contributed by atoms with Crippen LogP contribution in [0.4, 0.5) is 0 Å². The molecule has 24 heavy (non-hydrogen) atoms. The first-order valence-corrected chi connectivity index (χ1v) is 8.22. The highest BCUT2D eigenvalue weighted by atomic mass is 14.7. The highest BCUT2D eigenvalue weighted by Crippen LogP contribution is 2.27. The van der Waals surface area contributed by atoms with Crippen LogP contribution in [0.25, 0.3) is 22.2 Å². The van der Waals surface area contributed by atoms with Crippen LogP contribution in [0.15, 0.2) is 91.0 Å². The van der Waals surface area contributed by atoms with E-state index in [9.17, 15) is 0 Å². The first kappa shape index (κ1) is 14.5. The number of para-hydroxylation sites is 1. The summed E-state index contributed by atoms with van der Waals surface area (Å²) in [6.07, 6.45) is 3.13. The zero-order chi connectivity index (χ0) is 16.2. The minimum atomic E-state index is 0.867. The van der Waals surface area contributed by atoms with Gasteiger partial charge in [-0.25, -0.2) is 4.98 Å². The Hall–Kier alpha value is -3.06. The number of fused-ring (bicyclic) bond motifs is 1. The van der Waals surface area contributed by atoms with E-state index in [1.807, 2.05) is 18.2 Å². The van der Waals surface area contributed by atoms with Crippen molar-refractivity contribution < 1.29 is 0 Å². The number of hydrogen-bond donors (Lipinski definition) is 0. The molecule has 0 saturated carbocycles. The SMILES string of the molecule is c1ccc([CH+]Cc2cc3ccccc3nc2-c2ccccc2)cc1. The second kappa shape index (κ2) is 6.59. The zero-order valence-electron chi connectivity index (χ0n) is 13.4. The molecule has 1 nitrogen and oxygen atoms in total. The lowest BCUT2D eigenvalue weighted by Crippen LogP contribution is -1.96. The third-order valence-electron chi connectivity index (χ3n) is 4.21. The van der Waals surface area contributed by atoms with Crippen LogP contribution in [0.2, 0.25) is 0 Å². The topological polar surface area (TPSA) is 12.9 Å². The van der Waals surface area contributed by atoms with Gasteiger partial charge in [0.15, 0.2) is 0 Å². The van der Waals surface area contributed by atoms with E-state index in [1.165, 1.54) is 22.1 Å². The Morgan fingerprint density at radius 3 is 2.17 bits per heavy atom. The Balaban J connectivity index is 1.77. The molecule has 0 N–H and O–H groups in total. The van der Waals surface area contributed by atoms with Crippen molar-refractivity contribution in [1.82, 2.24) is 4.98 Å². The van der Waals surface area contributed by atoms with Gasteiger partial charge in [-0.05, 0) is 35.9 Å². The van der Waals surface area contributed by atoms with E-state index in [0.29, 0.717) is 0 Å². The van der Waals surface area contributed by atoms with Gasteiger partial charge < -0.3 is 0 Å². The third-order valence-corrected chi connectivity index (χ3v) is 4.21. The quantitative estimate of drug-likeness (QED) is 0.441. The van der Waals surface area contributed by atoms with Crippen LogP contribution in [-0.4, -0.2) is 4.98 Å². The molecule has 4 rings (SSSR count). The van der Waals surface area contributed by atoms with E-state index in [4.69, 9.17) is 4.98 Å². The van der Waals surface area contributed by atoms with E-state index in [1.54, 1.807) is 0 Å². The molecule has 1 aromatic heterocycles. The van der Waals surface area contributed by atoms with Crippen molar-refractivity contribution in [2.45, 2.75) is 6.42 Å². The van der Waals surface area contributed by atoms with Gasteiger partial charge in [0.25, 0.3) is 0 Å². The standard InChI is InChI=1S/C23H18N/c1-3-9-18(10-4-1)15-16-21-17-20-13-7-8-14-22(20)24-23(21)19-11-5-2-6-12-19/h1-15,17H,16H2/q+1. The second-order valence-corrected chi connectivity index (χ2v) is 5.87. The molecule has 3 aromatic carbocycles. The van der Waals surface area contributed by atoms with Gasteiger partial charge in [0, 0.05) is 35.9 Å². The largest absolute Gasteiger partial charge is 0.247 e. The number of benzene rings is 3. The Labute approximate surface area is 142 Å². The third kappa shape index (κ3) is 3.02. The fraction of sp³-hybridized carbons (Fsp3) is 0.0435. The predicted molar refractivity (Wildman–Crippen MR) is 101 cm³/mol. The van der Waals surface area contributed by atoms with Crippen LogP contribution in [0.1, 0.15) is 11.1 Å². The predicted octanol–water partition coefficient (Wildman–Crippen LogP) is 5.70. The van der Waals surface area contributed by atoms with Gasteiger partial charge in [0.1, 0.15) is 5.56 Å². The van der Waals surface area contributed by atoms with Gasteiger partial charge in [-0.15, -0.1) is 0 Å². The maximum absolute atomic E-state index is 4.94. The first-order chi connectivity index (χ1) is 11.9. The Kier molecular flexibility index (Phi) is 3.99. The van der Waals surface area contributed by atoms with Gasteiger partial charge in [0.2, 0.25) is 0 Å². The smallest absolute Gasteiger partial charge is 0.130 e. The first-order valence-electron chi connectivity index (χ1n) is 8.22. The molecular formula is C23H18N+. The molecule has 0 bridgehead atoms. The fourth-order valence-corrected chi connectivity index (χ4v) is 2.98. The minimum Gasteiger partial charge on any atom is -0.247 e. The molecule has 114 valence electrons. The zero-order valence-corrected chi connectivity index (χ0v) is 13.4. The van der Waals surface area contributed by atoms with Crippen LogP contribution in [-0.2, 0) is 6.42 Å². The average Bonchev–Trinajstić information content (AvgIpc) is 2.67. The highest BCUT2D eigenvalue weighted by Gasteiger charge is 2.11. The maximum atomic E-state index is 4.94. The molecule has 0 unspecified atom stereocenters. The molecule has 0 atom stereocenters. The fourth-order valence-electron chi connectivity index (χ4n) is 2.98. The van der Waals surface area contributed by atoms with E-state index < -0.39 is 0 Å². The average molecular weight is 308 g/mol. The van der Waals surface area contributed by atoms with E-state index in [-0.39, 0.29) is 0 Å². The molecule has 0 spiro atoms. The molecule has 1 heterocycles. The van der Waals surface area contributed by atoms with Gasteiger partial charge in [-0.1, -0.05) is 48.5 Å². The molecule has 0 saturated heterocycles. The van der Waals surface area contributed by atoms with Crippen LogP contribution in [0.5, 0.6) is 0 Å². The summed E-state index contributed by atoms with van der Waals surface area (Å²) in [5.41, 5.74) is 5.77. The van der Waals surface area contributed by atoms with Crippen molar-refractivity contribution in [2.24, 2.45) is 0 Å². The summed E-state index contributed by atoms with van der Waals surface area (Å²) in [4.78, 5) is 4.94. The Morgan fingerprint density at radius 2 is 1.38 bits per heavy atom. The van der Waals surface area contributed by atoms with Gasteiger partial charge in [0.05, 0.1) is 11.2 Å². The van der Waals surface area contributed by atoms with E-state index in [2.05, 4.69) is 79.2 Å². The Morgan fingerprint density at radius 1 is 0.708 bits per heavy atom. The molecule has 0 amide bonds. The van der Waals surface area contributed by atoms with Crippen LogP contribution >= 0.6 is 0 Å². The molecule has 0 aliphatic heterocycles. The molecule has 4 aromatic rings. The number of hydrogen-bond acceptors (Lipinski definition) is 1. The lowest BCUT2D eigenvalue weighted by atomic mass is 9.98. The van der Waals surface area contributed by atoms with Gasteiger partial charge in [-0.2, -0.15) is 0 Å². The number of aromatic nitrogens is 1. The summed E-state index contributed by atoms with van der Waals surface area (Å²) in [5, 5.41) is 1.19. The van der Waals surface area contributed by atoms with Gasteiger partial charge in [-0.3, -0.25) is 0 Å². The molecular weight excluding hydrogens is 290 g/mol. The monoisotopic (exact) mass is 308 g/mol. The summed E-state index contributed by atoms with van der Waals surface area (Å²) in [5.74, 6) is 0. The molecule has 0 aliphatic rings. The molecule has 0 radical (unpaired) electrons. The van der Waals surface area contributed by atoms with Crippen LogP contribution in [0.3, 0.4) is 0 Å². The second-order valence-electron chi connectivity index (χ2n) is 5.87. The number of nitrogens with zero attached hydrogens (tertiary/aromatic N) is 1. The molecule has 0 aliphatic carbocycles. The Bertz CT molecular complexity index is 943. The van der Waals surface area contributed by atoms with E-state index in [0.717, 1.165) is 17.6 Å². The lowest BCUT2D eigenvalue weighted by Gasteiger charge is -2.10. The maximum Gasteiger partial charge on any atom is 0.130 e. The summed E-state index contributed by atoms with van der Waals surface area (Å²) < 4.78 is 0. The van der Waals surface area contributed by atoms with Crippen LogP contribution in [0, 0.1) is 6.42 Å². The number of rotatable bonds is 4. The van der Waals surface area contributed by atoms with Crippen molar-refractivity contribution in [3.05, 3.63) is 109 Å². The lowest BCUT2D eigenvalue weighted by molar-refractivity contribution is 1.15. The van der Waals surface area contributed by atoms with Crippen molar-refractivity contribution in [3.63, 3.8) is 0 Å². The highest BCUT2D eigenvalue weighted by molar-refractivity contribution is 5.83. The van der Waals surface area contributed by atoms with Crippen molar-refractivity contribution in [3.8, 4) is 11.3 Å². The van der Waals surface area contributed by atoms with Crippen molar-refractivity contribution in [2.75, 3.05) is 0 Å². The summed E-state index contributed by atoms with van der Waals surface area (Å²) in [7, 11) is 0. The van der Waals surface area contributed by atoms with E-state index >= 15 is 0 Å². The van der Waals surface area contributed by atoms with Crippen molar-refractivity contribution >= 4 is 10.9 Å². The minimum absolute atomic E-state index is 0.867. The summed E-state index contributed by atoms with van der Waals surface area (Å²) >= 11 is 0. The van der Waals surface area contributed by atoms with Crippen LogP contribution < -0.4 is 0 Å². The molecule has 1 heteroatoms. The van der Waals surface area contributed by atoms with Gasteiger partial charge >= 0.3 is 0 Å². The number of pyridine rings is 1. The normalized spacial score (nSPS) is 10.7.